The first kappa shape index (κ1) is 12.8. The van der Waals surface area contributed by atoms with Crippen molar-refractivity contribution in [3.8, 4) is 0 Å². The number of nitrogen functional groups attached to an aromatic ring is 1. The number of hydrogen-bond acceptors (Lipinski definition) is 4. The van der Waals surface area contributed by atoms with Crippen LogP contribution in [0.1, 0.15) is 5.56 Å². The molecule has 6 heteroatoms. The molecule has 18 heavy (non-hydrogen) atoms. The van der Waals surface area contributed by atoms with E-state index >= 15 is 0 Å². The van der Waals surface area contributed by atoms with Crippen molar-refractivity contribution in [2.75, 3.05) is 17.6 Å². The van der Waals surface area contributed by atoms with Crippen LogP contribution >= 0.6 is 15.9 Å². The van der Waals surface area contributed by atoms with Gasteiger partial charge >= 0.3 is 0 Å². The predicted molar refractivity (Wildman–Crippen MR) is 72.7 cm³/mol. The molecule has 0 spiro atoms. The fourth-order valence-corrected chi connectivity index (χ4v) is 1.81. The summed E-state index contributed by atoms with van der Waals surface area (Å²) in [5.41, 5.74) is 6.56. The number of rotatable bonds is 4. The molecule has 2 rings (SSSR count). The number of anilines is 2. The SMILES string of the molecule is Nc1ncc(Br)c(NCCc2ccc(F)cc2)n1. The molecule has 0 saturated heterocycles. The molecule has 1 aromatic carbocycles. The van der Waals surface area contributed by atoms with E-state index in [0.29, 0.717) is 12.4 Å². The van der Waals surface area contributed by atoms with Gasteiger partial charge in [-0.1, -0.05) is 12.1 Å². The van der Waals surface area contributed by atoms with Crippen molar-refractivity contribution in [3.05, 3.63) is 46.3 Å². The fourth-order valence-electron chi connectivity index (χ4n) is 1.48. The van der Waals surface area contributed by atoms with Gasteiger partial charge in [-0.25, -0.2) is 9.37 Å². The number of benzene rings is 1. The lowest BCUT2D eigenvalue weighted by molar-refractivity contribution is 0.627. The van der Waals surface area contributed by atoms with Crippen molar-refractivity contribution < 1.29 is 4.39 Å². The van der Waals surface area contributed by atoms with E-state index < -0.39 is 0 Å². The molecule has 4 nitrogen and oxygen atoms in total. The summed E-state index contributed by atoms with van der Waals surface area (Å²) >= 11 is 3.33. The van der Waals surface area contributed by atoms with Crippen molar-refractivity contribution in [3.63, 3.8) is 0 Å². The van der Waals surface area contributed by atoms with Gasteiger partial charge in [0.05, 0.1) is 4.47 Å². The number of nitrogens with one attached hydrogen (secondary N) is 1. The largest absolute Gasteiger partial charge is 0.369 e. The van der Waals surface area contributed by atoms with Gasteiger partial charge in [0.1, 0.15) is 11.6 Å². The number of nitrogens with two attached hydrogens (primary N) is 1. The molecule has 2 aromatic rings. The van der Waals surface area contributed by atoms with E-state index in [1.165, 1.54) is 12.1 Å². The maximum absolute atomic E-state index is 12.7. The zero-order valence-corrected chi connectivity index (χ0v) is 11.1. The Morgan fingerprint density at radius 3 is 2.72 bits per heavy atom. The van der Waals surface area contributed by atoms with E-state index in [1.807, 2.05) is 0 Å². The Hall–Kier alpha value is -1.69. The summed E-state index contributed by atoms with van der Waals surface area (Å²) < 4.78 is 13.5. The Kier molecular flexibility index (Phi) is 4.09. The molecule has 0 radical (unpaired) electrons. The zero-order valence-electron chi connectivity index (χ0n) is 9.53. The van der Waals surface area contributed by atoms with Crippen LogP contribution in [-0.2, 0) is 6.42 Å². The highest BCUT2D eigenvalue weighted by Gasteiger charge is 2.02. The smallest absolute Gasteiger partial charge is 0.221 e. The van der Waals surface area contributed by atoms with Crippen LogP contribution < -0.4 is 11.1 Å². The van der Waals surface area contributed by atoms with Crippen LogP contribution in [0.25, 0.3) is 0 Å². The fraction of sp³-hybridized carbons (Fsp3) is 0.167. The molecule has 0 bridgehead atoms. The molecule has 1 aromatic heterocycles. The summed E-state index contributed by atoms with van der Waals surface area (Å²) in [6.45, 7) is 0.681. The molecule has 3 N–H and O–H groups in total. The number of aromatic nitrogens is 2. The summed E-state index contributed by atoms with van der Waals surface area (Å²) in [6.07, 6.45) is 2.37. The van der Waals surface area contributed by atoms with Crippen molar-refractivity contribution in [1.29, 1.82) is 0 Å². The van der Waals surface area contributed by atoms with Crippen LogP contribution in [0.15, 0.2) is 34.9 Å². The number of halogens is 2. The third kappa shape index (κ3) is 3.40. The molecule has 0 aliphatic carbocycles. The molecule has 0 saturated carbocycles. The van der Waals surface area contributed by atoms with E-state index in [1.54, 1.807) is 18.3 Å². The summed E-state index contributed by atoms with van der Waals surface area (Å²) in [5, 5.41) is 3.15. The summed E-state index contributed by atoms with van der Waals surface area (Å²) in [4.78, 5) is 7.92. The Labute approximate surface area is 113 Å². The minimum absolute atomic E-state index is 0.224. The first-order valence-corrected chi connectivity index (χ1v) is 6.21. The lowest BCUT2D eigenvalue weighted by Gasteiger charge is -2.07. The Morgan fingerprint density at radius 2 is 2.00 bits per heavy atom. The van der Waals surface area contributed by atoms with Gasteiger partial charge in [0.25, 0.3) is 0 Å². The molecule has 1 heterocycles. The van der Waals surface area contributed by atoms with Gasteiger partial charge in [0.2, 0.25) is 5.95 Å². The molecule has 0 amide bonds. The van der Waals surface area contributed by atoms with Crippen LogP contribution in [-0.4, -0.2) is 16.5 Å². The second-order valence-electron chi connectivity index (χ2n) is 3.73. The second-order valence-corrected chi connectivity index (χ2v) is 4.58. The monoisotopic (exact) mass is 310 g/mol. The van der Waals surface area contributed by atoms with E-state index in [4.69, 9.17) is 5.73 Å². The van der Waals surface area contributed by atoms with Gasteiger partial charge in [0, 0.05) is 12.7 Å². The number of nitrogens with zero attached hydrogens (tertiary/aromatic N) is 2. The standard InChI is InChI=1S/C12H12BrFN4/c13-10-7-17-12(15)18-11(10)16-6-5-8-1-3-9(14)4-2-8/h1-4,7H,5-6H2,(H3,15,16,17,18). The van der Waals surface area contributed by atoms with Crippen molar-refractivity contribution in [2.45, 2.75) is 6.42 Å². The van der Waals surface area contributed by atoms with Gasteiger partial charge in [-0.2, -0.15) is 4.98 Å². The van der Waals surface area contributed by atoms with Crippen LogP contribution in [0.5, 0.6) is 0 Å². The van der Waals surface area contributed by atoms with Crippen LogP contribution in [0.2, 0.25) is 0 Å². The highest BCUT2D eigenvalue weighted by molar-refractivity contribution is 9.10. The first-order valence-electron chi connectivity index (χ1n) is 5.41. The molecule has 0 aliphatic heterocycles. The molecule has 0 atom stereocenters. The summed E-state index contributed by atoms with van der Waals surface area (Å²) in [5.74, 6) is 0.658. The second kappa shape index (κ2) is 5.77. The van der Waals surface area contributed by atoms with Crippen LogP contribution in [0.3, 0.4) is 0 Å². The van der Waals surface area contributed by atoms with E-state index in [9.17, 15) is 4.39 Å². The molecular weight excluding hydrogens is 299 g/mol. The van der Waals surface area contributed by atoms with Crippen molar-refractivity contribution in [1.82, 2.24) is 9.97 Å². The third-order valence-electron chi connectivity index (χ3n) is 2.38. The van der Waals surface area contributed by atoms with Crippen molar-refractivity contribution >= 4 is 27.7 Å². The summed E-state index contributed by atoms with van der Waals surface area (Å²) in [7, 11) is 0. The van der Waals surface area contributed by atoms with Crippen molar-refractivity contribution in [2.24, 2.45) is 0 Å². The van der Waals surface area contributed by atoms with Gasteiger partial charge in [0.15, 0.2) is 0 Å². The van der Waals surface area contributed by atoms with Gasteiger partial charge in [-0.05, 0) is 40.0 Å². The minimum Gasteiger partial charge on any atom is -0.369 e. The lowest BCUT2D eigenvalue weighted by atomic mass is 10.1. The Bertz CT molecular complexity index is 530. The predicted octanol–water partition coefficient (Wildman–Crippen LogP) is 2.62. The molecule has 0 aliphatic rings. The molecular formula is C12H12BrFN4. The number of hydrogen-bond donors (Lipinski definition) is 2. The minimum atomic E-state index is -0.224. The maximum atomic E-state index is 12.7. The van der Waals surface area contributed by atoms with Gasteiger partial charge in [-0.15, -0.1) is 0 Å². The molecule has 94 valence electrons. The quantitative estimate of drug-likeness (QED) is 0.911. The maximum Gasteiger partial charge on any atom is 0.221 e. The Balaban J connectivity index is 1.92. The van der Waals surface area contributed by atoms with Gasteiger partial charge in [-0.3, -0.25) is 0 Å². The highest BCUT2D eigenvalue weighted by Crippen LogP contribution is 2.19. The van der Waals surface area contributed by atoms with Crippen LogP contribution in [0, 0.1) is 5.82 Å². The van der Waals surface area contributed by atoms with Crippen LogP contribution in [0.4, 0.5) is 16.2 Å². The average molecular weight is 311 g/mol. The summed E-state index contributed by atoms with van der Waals surface area (Å²) in [6, 6.07) is 6.43. The van der Waals surface area contributed by atoms with E-state index in [0.717, 1.165) is 16.5 Å². The Morgan fingerprint density at radius 1 is 1.28 bits per heavy atom. The normalized spacial score (nSPS) is 10.3. The highest BCUT2D eigenvalue weighted by atomic mass is 79.9. The zero-order chi connectivity index (χ0) is 13.0. The van der Waals surface area contributed by atoms with Gasteiger partial charge < -0.3 is 11.1 Å². The average Bonchev–Trinajstić information content (AvgIpc) is 2.36. The lowest BCUT2D eigenvalue weighted by Crippen LogP contribution is -2.08. The molecule has 0 unspecified atom stereocenters. The van der Waals surface area contributed by atoms with E-state index in [2.05, 4.69) is 31.2 Å². The third-order valence-corrected chi connectivity index (χ3v) is 2.96. The molecule has 0 fully saturated rings. The van der Waals surface area contributed by atoms with E-state index in [-0.39, 0.29) is 11.8 Å². The first-order chi connectivity index (χ1) is 8.65. The topological polar surface area (TPSA) is 63.8 Å².